The van der Waals surface area contributed by atoms with E-state index >= 15 is 0 Å². The first-order valence-electron chi connectivity index (χ1n) is 3.69. The molecule has 1 aromatic rings. The van der Waals surface area contributed by atoms with Crippen molar-refractivity contribution < 1.29 is 10.1 Å². The largest absolute Gasteiger partial charge is 0.340 e. The van der Waals surface area contributed by atoms with E-state index in [1.54, 1.807) is 0 Å². The predicted molar refractivity (Wildman–Crippen MR) is 43.8 cm³/mol. The van der Waals surface area contributed by atoms with Gasteiger partial charge in [-0.1, -0.05) is 19.1 Å². The van der Waals surface area contributed by atoms with Gasteiger partial charge in [0.15, 0.2) is 5.75 Å². The van der Waals surface area contributed by atoms with Crippen LogP contribution < -0.4 is 4.89 Å². The molecule has 0 aliphatic rings. The Kier molecular flexibility index (Phi) is 2.49. The van der Waals surface area contributed by atoms with Gasteiger partial charge in [-0.25, -0.2) is 5.26 Å². The molecule has 60 valence electrons. The summed E-state index contributed by atoms with van der Waals surface area (Å²) < 4.78 is 0. The second-order valence-electron chi connectivity index (χ2n) is 2.54. The average molecular weight is 152 g/mol. The smallest absolute Gasteiger partial charge is 0.168 e. The molecular weight excluding hydrogens is 140 g/mol. The second kappa shape index (κ2) is 3.39. The lowest BCUT2D eigenvalue weighted by atomic mass is 10.1. The van der Waals surface area contributed by atoms with Gasteiger partial charge in [0.2, 0.25) is 0 Å². The molecule has 0 bridgehead atoms. The van der Waals surface area contributed by atoms with Gasteiger partial charge in [0.25, 0.3) is 0 Å². The van der Waals surface area contributed by atoms with Gasteiger partial charge in [-0.3, -0.25) is 0 Å². The Labute approximate surface area is 66.4 Å². The van der Waals surface area contributed by atoms with Crippen LogP contribution in [0.5, 0.6) is 5.75 Å². The first-order valence-corrected chi connectivity index (χ1v) is 3.69. The summed E-state index contributed by atoms with van der Waals surface area (Å²) in [5.74, 6) is 0.546. The van der Waals surface area contributed by atoms with Crippen molar-refractivity contribution >= 4 is 0 Å². The molecule has 0 spiro atoms. The quantitative estimate of drug-likeness (QED) is 0.521. The van der Waals surface area contributed by atoms with Crippen molar-refractivity contribution in [2.24, 2.45) is 0 Å². The normalized spacial score (nSPS) is 9.73. The molecule has 1 rings (SSSR count). The van der Waals surface area contributed by atoms with Crippen LogP contribution in [0.25, 0.3) is 0 Å². The van der Waals surface area contributed by atoms with Crippen molar-refractivity contribution in [2.45, 2.75) is 20.3 Å². The van der Waals surface area contributed by atoms with Crippen LogP contribution in [0.1, 0.15) is 18.1 Å². The molecule has 2 nitrogen and oxygen atoms in total. The fourth-order valence-corrected chi connectivity index (χ4v) is 0.963. The minimum Gasteiger partial charge on any atom is -0.340 e. The van der Waals surface area contributed by atoms with Crippen molar-refractivity contribution in [1.29, 1.82) is 0 Å². The van der Waals surface area contributed by atoms with Crippen LogP contribution in [-0.4, -0.2) is 5.26 Å². The van der Waals surface area contributed by atoms with Gasteiger partial charge in [-0.05, 0) is 30.5 Å². The molecule has 1 N–H and O–H groups in total. The van der Waals surface area contributed by atoms with Crippen LogP contribution in [0.15, 0.2) is 18.2 Å². The van der Waals surface area contributed by atoms with Crippen molar-refractivity contribution in [3.05, 3.63) is 29.3 Å². The third-order valence-corrected chi connectivity index (χ3v) is 1.76. The molecule has 0 amide bonds. The van der Waals surface area contributed by atoms with Crippen LogP contribution in [-0.2, 0) is 6.42 Å². The van der Waals surface area contributed by atoms with Crippen molar-refractivity contribution in [2.75, 3.05) is 0 Å². The Morgan fingerprint density at radius 2 is 2.18 bits per heavy atom. The minimum absolute atomic E-state index is 0.546. The number of aryl methyl sites for hydroxylation is 2. The fourth-order valence-electron chi connectivity index (χ4n) is 0.963. The number of benzene rings is 1. The topological polar surface area (TPSA) is 29.5 Å². The number of rotatable bonds is 2. The third-order valence-electron chi connectivity index (χ3n) is 1.76. The van der Waals surface area contributed by atoms with Gasteiger partial charge in [0.05, 0.1) is 0 Å². The van der Waals surface area contributed by atoms with Crippen LogP contribution in [0.4, 0.5) is 0 Å². The van der Waals surface area contributed by atoms with Crippen molar-refractivity contribution in [1.82, 2.24) is 0 Å². The van der Waals surface area contributed by atoms with Crippen LogP contribution >= 0.6 is 0 Å². The molecule has 11 heavy (non-hydrogen) atoms. The van der Waals surface area contributed by atoms with Gasteiger partial charge >= 0.3 is 0 Å². The lowest BCUT2D eigenvalue weighted by molar-refractivity contribution is -0.138. The first kappa shape index (κ1) is 8.08. The highest BCUT2D eigenvalue weighted by Gasteiger charge is 1.98. The summed E-state index contributed by atoms with van der Waals surface area (Å²) in [7, 11) is 0. The molecule has 2 heteroatoms. The third kappa shape index (κ3) is 1.71. The van der Waals surface area contributed by atoms with E-state index in [1.807, 2.05) is 25.1 Å². The van der Waals surface area contributed by atoms with E-state index in [-0.39, 0.29) is 0 Å². The van der Waals surface area contributed by atoms with E-state index in [0.717, 1.165) is 12.0 Å². The standard InChI is InChI=1S/C9H12O2/c1-3-8-5-4-7(2)9(6-8)11-10/h4-6,10H,3H2,1-2H3. The second-order valence-corrected chi connectivity index (χ2v) is 2.54. The van der Waals surface area contributed by atoms with Crippen LogP contribution in [0.2, 0.25) is 0 Å². The molecule has 1 aromatic carbocycles. The molecule has 0 radical (unpaired) electrons. The van der Waals surface area contributed by atoms with E-state index in [9.17, 15) is 0 Å². The molecule has 0 saturated carbocycles. The summed E-state index contributed by atoms with van der Waals surface area (Å²) in [4.78, 5) is 4.19. The molecule has 0 aromatic heterocycles. The molecule has 0 aliphatic heterocycles. The van der Waals surface area contributed by atoms with Gasteiger partial charge in [-0.15, -0.1) is 0 Å². The van der Waals surface area contributed by atoms with E-state index < -0.39 is 0 Å². The highest BCUT2D eigenvalue weighted by atomic mass is 17.1. The molecule has 0 aliphatic carbocycles. The SMILES string of the molecule is CCc1ccc(C)c(OO)c1. The summed E-state index contributed by atoms with van der Waals surface area (Å²) in [5.41, 5.74) is 2.12. The van der Waals surface area contributed by atoms with E-state index in [4.69, 9.17) is 5.26 Å². The minimum atomic E-state index is 0.546. The molecule has 0 heterocycles. The van der Waals surface area contributed by atoms with Gasteiger partial charge in [-0.2, -0.15) is 0 Å². The summed E-state index contributed by atoms with van der Waals surface area (Å²) in [5, 5.41) is 8.44. The summed E-state index contributed by atoms with van der Waals surface area (Å²) in [6.07, 6.45) is 0.955. The van der Waals surface area contributed by atoms with Crippen molar-refractivity contribution in [3.8, 4) is 5.75 Å². The van der Waals surface area contributed by atoms with Gasteiger partial charge < -0.3 is 4.89 Å². The highest BCUT2D eigenvalue weighted by Crippen LogP contribution is 2.18. The zero-order chi connectivity index (χ0) is 8.27. The Hall–Kier alpha value is -1.02. The number of hydrogen-bond donors (Lipinski definition) is 1. The first-order chi connectivity index (χ1) is 5.27. The average Bonchev–Trinajstić information content (AvgIpc) is 2.05. The summed E-state index contributed by atoms with van der Waals surface area (Å²) >= 11 is 0. The predicted octanol–water partition coefficient (Wildman–Crippen LogP) is 2.41. The zero-order valence-electron chi connectivity index (χ0n) is 6.79. The van der Waals surface area contributed by atoms with E-state index in [0.29, 0.717) is 5.75 Å². The molecule has 0 unspecified atom stereocenters. The molecule has 0 atom stereocenters. The highest BCUT2D eigenvalue weighted by molar-refractivity contribution is 5.36. The Morgan fingerprint density at radius 1 is 1.45 bits per heavy atom. The lowest BCUT2D eigenvalue weighted by Gasteiger charge is -2.02. The van der Waals surface area contributed by atoms with E-state index in [2.05, 4.69) is 11.8 Å². The van der Waals surface area contributed by atoms with Gasteiger partial charge in [0.1, 0.15) is 0 Å². The Morgan fingerprint density at radius 3 is 2.73 bits per heavy atom. The maximum Gasteiger partial charge on any atom is 0.168 e. The molecular formula is C9H12O2. The lowest BCUT2D eigenvalue weighted by Crippen LogP contribution is -1.89. The van der Waals surface area contributed by atoms with Crippen LogP contribution in [0, 0.1) is 6.92 Å². The summed E-state index contributed by atoms with van der Waals surface area (Å²) in [6.45, 7) is 3.96. The zero-order valence-corrected chi connectivity index (χ0v) is 6.79. The molecule has 0 fully saturated rings. The monoisotopic (exact) mass is 152 g/mol. The molecule has 0 saturated heterocycles. The van der Waals surface area contributed by atoms with E-state index in [1.165, 1.54) is 5.56 Å². The number of hydrogen-bond acceptors (Lipinski definition) is 2. The van der Waals surface area contributed by atoms with Crippen molar-refractivity contribution in [3.63, 3.8) is 0 Å². The maximum absolute atomic E-state index is 8.44. The summed E-state index contributed by atoms with van der Waals surface area (Å²) in [6, 6.07) is 5.80. The Balaban J connectivity index is 3.02. The van der Waals surface area contributed by atoms with Crippen LogP contribution in [0.3, 0.4) is 0 Å². The fraction of sp³-hybridized carbons (Fsp3) is 0.333. The Bertz CT molecular complexity index is 243. The maximum atomic E-state index is 8.44. The van der Waals surface area contributed by atoms with Gasteiger partial charge in [0, 0.05) is 0 Å².